The first kappa shape index (κ1) is 23.2. The SMILES string of the molecule is CCC(O)(CC)Oc1cc(C2(O)C(O)(O)NC(=O)C2(O)O)ccc1OC(O)(O)O. The van der Waals surface area contributed by atoms with E-state index in [1.807, 2.05) is 0 Å². The molecule has 1 unspecified atom stereocenters. The van der Waals surface area contributed by atoms with E-state index in [-0.39, 0.29) is 12.8 Å². The monoisotopic (exact) mass is 421 g/mol. The molecule has 1 heterocycles. The molecule has 1 aromatic rings. The minimum absolute atomic E-state index is 0.00781. The Bertz CT molecular complexity index is 783. The molecule has 2 rings (SSSR count). The van der Waals surface area contributed by atoms with Crippen LogP contribution < -0.4 is 14.8 Å². The van der Waals surface area contributed by atoms with Crippen molar-refractivity contribution in [2.75, 3.05) is 0 Å². The van der Waals surface area contributed by atoms with Crippen LogP contribution in [0.4, 0.5) is 0 Å². The van der Waals surface area contributed by atoms with Crippen molar-refractivity contribution < 1.29 is 60.2 Å². The first-order chi connectivity index (χ1) is 13.0. The minimum atomic E-state index is -3.71. The fraction of sp³-hybridized carbons (Fsp3) is 0.562. The third kappa shape index (κ3) is 3.87. The maximum atomic E-state index is 11.7. The summed E-state index contributed by atoms with van der Waals surface area (Å²) in [7, 11) is 0. The van der Waals surface area contributed by atoms with Crippen LogP contribution in [0.5, 0.6) is 11.5 Å². The first-order valence-corrected chi connectivity index (χ1v) is 8.39. The third-order valence-electron chi connectivity index (χ3n) is 4.63. The molecule has 0 aromatic heterocycles. The summed E-state index contributed by atoms with van der Waals surface area (Å²) >= 11 is 0. The van der Waals surface area contributed by atoms with Gasteiger partial charge < -0.3 is 55.4 Å². The quantitative estimate of drug-likeness (QED) is 0.191. The van der Waals surface area contributed by atoms with E-state index in [1.165, 1.54) is 19.2 Å². The zero-order valence-electron chi connectivity index (χ0n) is 15.4. The number of carbonyl (C=O) groups excluding carboxylic acids is 1. The van der Waals surface area contributed by atoms with Crippen LogP contribution in [0.1, 0.15) is 32.3 Å². The number of hydrogen-bond acceptors (Lipinski definition) is 12. The summed E-state index contributed by atoms with van der Waals surface area (Å²) in [6, 6.07) is 2.30. The van der Waals surface area contributed by atoms with Gasteiger partial charge in [-0.15, -0.1) is 0 Å². The van der Waals surface area contributed by atoms with Gasteiger partial charge in [-0.05, 0) is 12.1 Å². The van der Waals surface area contributed by atoms with E-state index in [0.29, 0.717) is 6.07 Å². The lowest BCUT2D eigenvalue weighted by molar-refractivity contribution is -0.420. The van der Waals surface area contributed by atoms with Crippen molar-refractivity contribution in [1.82, 2.24) is 5.32 Å². The highest BCUT2D eigenvalue weighted by Gasteiger charge is 2.73. The number of aliphatic hydroxyl groups is 9. The lowest BCUT2D eigenvalue weighted by atomic mass is 9.84. The van der Waals surface area contributed by atoms with Crippen LogP contribution in [0.3, 0.4) is 0 Å². The Morgan fingerprint density at radius 1 is 0.931 bits per heavy atom. The smallest absolute Gasteiger partial charge is 0.453 e. The van der Waals surface area contributed by atoms with Gasteiger partial charge >= 0.3 is 6.16 Å². The summed E-state index contributed by atoms with van der Waals surface area (Å²) in [6.07, 6.45) is -3.66. The Hall–Kier alpha value is -2.07. The zero-order chi connectivity index (χ0) is 22.5. The topological polar surface area (TPSA) is 230 Å². The number of hydrogen-bond donors (Lipinski definition) is 10. The molecule has 1 amide bonds. The van der Waals surface area contributed by atoms with Crippen LogP contribution in [0.15, 0.2) is 18.2 Å². The number of amides is 1. The Kier molecular flexibility index (Phi) is 5.61. The molecular formula is C16H23NO12. The second kappa shape index (κ2) is 7.02. The average molecular weight is 421 g/mol. The number of carbonyl (C=O) groups is 1. The molecule has 1 saturated heterocycles. The Morgan fingerprint density at radius 3 is 1.90 bits per heavy atom. The molecule has 1 atom stereocenters. The van der Waals surface area contributed by atoms with Gasteiger partial charge in [0.2, 0.25) is 11.4 Å². The molecule has 1 aliphatic heterocycles. The molecule has 164 valence electrons. The van der Waals surface area contributed by atoms with Crippen LogP contribution in [-0.2, 0) is 10.4 Å². The fourth-order valence-corrected chi connectivity index (χ4v) is 2.79. The van der Waals surface area contributed by atoms with Gasteiger partial charge in [0.15, 0.2) is 11.5 Å². The van der Waals surface area contributed by atoms with Crippen molar-refractivity contribution in [3.05, 3.63) is 23.8 Å². The van der Waals surface area contributed by atoms with Crippen LogP contribution in [0, 0.1) is 0 Å². The maximum absolute atomic E-state index is 11.7. The zero-order valence-corrected chi connectivity index (χ0v) is 15.4. The Labute approximate surface area is 163 Å². The van der Waals surface area contributed by atoms with Crippen LogP contribution in [0.2, 0.25) is 0 Å². The molecular weight excluding hydrogens is 398 g/mol. The van der Waals surface area contributed by atoms with E-state index in [9.17, 15) is 35.4 Å². The molecule has 0 radical (unpaired) electrons. The van der Waals surface area contributed by atoms with Gasteiger partial charge in [-0.1, -0.05) is 19.9 Å². The summed E-state index contributed by atoms with van der Waals surface area (Å²) in [6.45, 7) is 3.07. The van der Waals surface area contributed by atoms with Crippen LogP contribution in [0.25, 0.3) is 0 Å². The fourth-order valence-electron chi connectivity index (χ4n) is 2.79. The van der Waals surface area contributed by atoms with Gasteiger partial charge in [-0.2, -0.15) is 0 Å². The number of nitrogens with one attached hydrogen (secondary N) is 1. The van der Waals surface area contributed by atoms with Crippen LogP contribution in [-0.4, -0.2) is 75.5 Å². The van der Waals surface area contributed by atoms with Crippen molar-refractivity contribution in [1.29, 1.82) is 0 Å². The van der Waals surface area contributed by atoms with E-state index < -0.39 is 52.2 Å². The van der Waals surface area contributed by atoms with Crippen molar-refractivity contribution >= 4 is 5.91 Å². The minimum Gasteiger partial charge on any atom is -0.459 e. The highest BCUT2D eigenvalue weighted by Crippen LogP contribution is 2.46. The molecule has 13 nitrogen and oxygen atoms in total. The van der Waals surface area contributed by atoms with E-state index in [4.69, 9.17) is 20.1 Å². The molecule has 0 saturated carbocycles. The highest BCUT2D eigenvalue weighted by atomic mass is 16.9. The lowest BCUT2D eigenvalue weighted by Gasteiger charge is -2.37. The van der Waals surface area contributed by atoms with Gasteiger partial charge in [0.25, 0.3) is 17.6 Å². The predicted molar refractivity (Wildman–Crippen MR) is 89.0 cm³/mol. The van der Waals surface area contributed by atoms with E-state index in [1.54, 1.807) is 0 Å². The Balaban J connectivity index is 2.66. The van der Waals surface area contributed by atoms with Gasteiger partial charge in [0.1, 0.15) is 0 Å². The normalized spacial score (nSPS) is 23.6. The van der Waals surface area contributed by atoms with Crippen molar-refractivity contribution in [2.24, 2.45) is 0 Å². The van der Waals surface area contributed by atoms with Crippen molar-refractivity contribution in [3.63, 3.8) is 0 Å². The molecule has 13 heteroatoms. The second-order valence-electron chi connectivity index (χ2n) is 6.60. The summed E-state index contributed by atoms with van der Waals surface area (Å²) in [4.78, 5) is 11.7. The molecule has 0 spiro atoms. The standard InChI is InChI=1S/C16H23NO12/c1-3-12(19,4-2)28-10-7-8(5-6-9(10)29-16(25,26)27)13(20)14(21,22)11(18)17-15(13,23)24/h5-7,19-27H,3-4H2,1-2H3,(H,17,18). The molecule has 10 N–H and O–H groups in total. The van der Waals surface area contributed by atoms with E-state index in [2.05, 4.69) is 4.74 Å². The largest absolute Gasteiger partial charge is 0.459 e. The van der Waals surface area contributed by atoms with Gasteiger partial charge in [-0.3, -0.25) is 10.1 Å². The van der Waals surface area contributed by atoms with Crippen LogP contribution >= 0.6 is 0 Å². The van der Waals surface area contributed by atoms with Gasteiger partial charge in [0.05, 0.1) is 0 Å². The van der Waals surface area contributed by atoms with Gasteiger partial charge in [-0.25, -0.2) is 0 Å². The van der Waals surface area contributed by atoms with Crippen molar-refractivity contribution in [2.45, 2.75) is 55.9 Å². The highest BCUT2D eigenvalue weighted by molar-refractivity contribution is 5.88. The summed E-state index contributed by atoms with van der Waals surface area (Å²) in [5, 5.41) is 89.4. The summed E-state index contributed by atoms with van der Waals surface area (Å²) < 4.78 is 9.80. The van der Waals surface area contributed by atoms with E-state index >= 15 is 0 Å². The van der Waals surface area contributed by atoms with Crippen molar-refractivity contribution in [3.8, 4) is 11.5 Å². The van der Waals surface area contributed by atoms with E-state index in [0.717, 1.165) is 12.1 Å². The molecule has 1 aliphatic rings. The Morgan fingerprint density at radius 2 is 1.48 bits per heavy atom. The molecule has 0 bridgehead atoms. The summed E-state index contributed by atoms with van der Waals surface area (Å²) in [5.74, 6) is -12.0. The molecule has 29 heavy (non-hydrogen) atoms. The number of benzene rings is 1. The first-order valence-electron chi connectivity index (χ1n) is 8.39. The lowest BCUT2D eigenvalue weighted by Crippen LogP contribution is -2.62. The second-order valence-corrected chi connectivity index (χ2v) is 6.60. The third-order valence-corrected chi connectivity index (χ3v) is 4.63. The maximum Gasteiger partial charge on any atom is 0.453 e. The average Bonchev–Trinajstić information content (AvgIpc) is 2.72. The predicted octanol–water partition coefficient (Wildman–Crippen LogP) is -3.82. The van der Waals surface area contributed by atoms with Gasteiger partial charge in [0, 0.05) is 18.4 Å². The number of rotatable bonds is 7. The number of ether oxygens (including phenoxy) is 2. The molecule has 1 fully saturated rings. The molecule has 0 aliphatic carbocycles. The summed E-state index contributed by atoms with van der Waals surface area (Å²) in [5.41, 5.74) is -4.18. The molecule has 1 aromatic carbocycles.